The van der Waals surface area contributed by atoms with Gasteiger partial charge in [-0.25, -0.2) is 4.79 Å². The van der Waals surface area contributed by atoms with Crippen molar-refractivity contribution in [3.63, 3.8) is 0 Å². The maximum absolute atomic E-state index is 12.4. The Balaban J connectivity index is 2.23. The zero-order valence-corrected chi connectivity index (χ0v) is 15.6. The number of alkyl halides is 2. The van der Waals surface area contributed by atoms with Gasteiger partial charge in [0.05, 0.1) is 18.8 Å². The fourth-order valence-corrected chi connectivity index (χ4v) is 2.41. The first-order valence-electron chi connectivity index (χ1n) is 8.43. The van der Waals surface area contributed by atoms with Crippen LogP contribution in [0.4, 0.5) is 13.6 Å². The van der Waals surface area contributed by atoms with Gasteiger partial charge >= 0.3 is 12.7 Å². The van der Waals surface area contributed by atoms with Gasteiger partial charge < -0.3 is 29.4 Å². The van der Waals surface area contributed by atoms with Crippen LogP contribution in [-0.4, -0.2) is 53.8 Å². The van der Waals surface area contributed by atoms with Crippen LogP contribution in [-0.2, 0) is 9.47 Å². The monoisotopic (exact) mass is 390 g/mol. The van der Waals surface area contributed by atoms with Gasteiger partial charge in [0, 0.05) is 11.6 Å². The van der Waals surface area contributed by atoms with E-state index < -0.39 is 36.6 Å². The molecule has 0 saturated carbocycles. The summed E-state index contributed by atoms with van der Waals surface area (Å²) < 4.78 is 45.4. The molecule has 1 aromatic heterocycles. The van der Waals surface area contributed by atoms with Crippen LogP contribution in [0.5, 0.6) is 11.8 Å². The predicted octanol–water partition coefficient (Wildman–Crippen LogP) is 2.41. The zero-order chi connectivity index (χ0) is 20.2. The maximum Gasteiger partial charge on any atom is 0.408 e. The fraction of sp³-hybridized carbons (Fsp3) is 0.647. The van der Waals surface area contributed by atoms with Crippen LogP contribution in [0.3, 0.4) is 0 Å². The molecule has 0 spiro atoms. The van der Waals surface area contributed by atoms with E-state index in [1.54, 1.807) is 27.7 Å². The number of rotatable bonds is 6. The summed E-state index contributed by atoms with van der Waals surface area (Å²) in [6, 6.07) is 1.99. The lowest BCUT2D eigenvalue weighted by Crippen LogP contribution is -2.45. The highest BCUT2D eigenvalue weighted by Crippen LogP contribution is 2.34. The van der Waals surface area contributed by atoms with E-state index in [-0.39, 0.29) is 25.0 Å². The standard InChI is InChI=1S/C17H24F2N2O6/c1-9(22)7-24-11-8-25-14-10(5-6-12(20-14)26-15(18)19)13(11)21-16(23)27-17(2,3)4/h5-6,9,11,13,15,22H,7-8H2,1-4H3,(H,21,23)/t9-,11-,13+/m0/s1. The third-order valence-corrected chi connectivity index (χ3v) is 3.39. The largest absolute Gasteiger partial charge is 0.474 e. The number of aliphatic hydroxyl groups excluding tert-OH is 1. The molecule has 0 aliphatic carbocycles. The van der Waals surface area contributed by atoms with Gasteiger partial charge in [0.2, 0.25) is 11.8 Å². The number of hydrogen-bond donors (Lipinski definition) is 2. The van der Waals surface area contributed by atoms with Crippen molar-refractivity contribution in [2.75, 3.05) is 13.2 Å². The average molecular weight is 390 g/mol. The summed E-state index contributed by atoms with van der Waals surface area (Å²) in [5, 5.41) is 12.1. The van der Waals surface area contributed by atoms with Gasteiger partial charge in [-0.1, -0.05) is 0 Å². The first kappa shape index (κ1) is 21.1. The Hall–Kier alpha value is -2.20. The summed E-state index contributed by atoms with van der Waals surface area (Å²) >= 11 is 0. The molecule has 1 aromatic rings. The Morgan fingerprint density at radius 2 is 2.15 bits per heavy atom. The molecular formula is C17H24F2N2O6. The summed E-state index contributed by atoms with van der Waals surface area (Å²) in [5.74, 6) is -0.255. The van der Waals surface area contributed by atoms with Crippen molar-refractivity contribution in [1.29, 1.82) is 0 Å². The normalized spacial score (nSPS) is 20.4. The Labute approximate surface area is 155 Å². The van der Waals surface area contributed by atoms with Crippen LogP contribution in [0.15, 0.2) is 12.1 Å². The van der Waals surface area contributed by atoms with E-state index in [0.717, 1.165) is 0 Å². The number of carbonyl (C=O) groups excluding carboxylic acids is 1. The molecule has 1 aliphatic rings. The van der Waals surface area contributed by atoms with Crippen LogP contribution in [0.1, 0.15) is 39.3 Å². The van der Waals surface area contributed by atoms with E-state index in [1.807, 2.05) is 0 Å². The van der Waals surface area contributed by atoms with Crippen LogP contribution in [0, 0.1) is 0 Å². The summed E-state index contributed by atoms with van der Waals surface area (Å²) in [5.41, 5.74) is -0.286. The highest BCUT2D eigenvalue weighted by atomic mass is 19.3. The predicted molar refractivity (Wildman–Crippen MR) is 89.9 cm³/mol. The lowest BCUT2D eigenvalue weighted by molar-refractivity contribution is -0.0565. The lowest BCUT2D eigenvalue weighted by atomic mass is 10.0. The van der Waals surface area contributed by atoms with Crippen LogP contribution in [0.2, 0.25) is 0 Å². The van der Waals surface area contributed by atoms with Gasteiger partial charge in [0.15, 0.2) is 0 Å². The number of hydrogen-bond acceptors (Lipinski definition) is 7. The average Bonchev–Trinajstić information content (AvgIpc) is 2.51. The molecule has 0 bridgehead atoms. The molecule has 0 aromatic carbocycles. The molecule has 2 N–H and O–H groups in total. The van der Waals surface area contributed by atoms with Gasteiger partial charge in [-0.3, -0.25) is 0 Å². The molecule has 3 atom stereocenters. The maximum atomic E-state index is 12.4. The Morgan fingerprint density at radius 3 is 2.74 bits per heavy atom. The number of aromatic nitrogens is 1. The van der Waals surface area contributed by atoms with Crippen molar-refractivity contribution in [3.05, 3.63) is 17.7 Å². The fourth-order valence-electron chi connectivity index (χ4n) is 2.41. The van der Waals surface area contributed by atoms with Crippen LogP contribution >= 0.6 is 0 Å². The van der Waals surface area contributed by atoms with E-state index in [0.29, 0.717) is 5.56 Å². The van der Waals surface area contributed by atoms with Gasteiger partial charge in [0.25, 0.3) is 0 Å². The van der Waals surface area contributed by atoms with E-state index >= 15 is 0 Å². The number of aliphatic hydroxyl groups is 1. The SMILES string of the molecule is C[C@H](O)CO[C@H]1COc2nc(OC(F)F)ccc2[C@H]1NC(=O)OC(C)(C)C. The second kappa shape index (κ2) is 8.66. The molecule has 152 valence electrons. The topological polar surface area (TPSA) is 99.1 Å². The van der Waals surface area contributed by atoms with E-state index in [9.17, 15) is 18.7 Å². The van der Waals surface area contributed by atoms with Gasteiger partial charge in [0.1, 0.15) is 18.3 Å². The van der Waals surface area contributed by atoms with Gasteiger partial charge in [-0.05, 0) is 33.8 Å². The molecule has 0 fully saturated rings. The van der Waals surface area contributed by atoms with E-state index in [2.05, 4.69) is 15.0 Å². The minimum atomic E-state index is -3.02. The van der Waals surface area contributed by atoms with Crippen LogP contribution < -0.4 is 14.8 Å². The molecule has 0 saturated heterocycles. The highest BCUT2D eigenvalue weighted by molar-refractivity contribution is 5.68. The molecule has 2 heterocycles. The number of amides is 1. The lowest BCUT2D eigenvalue weighted by Gasteiger charge is -2.34. The minimum absolute atomic E-state index is 0.00861. The van der Waals surface area contributed by atoms with Crippen LogP contribution in [0.25, 0.3) is 0 Å². The Kier molecular flexibility index (Phi) is 6.77. The summed E-state index contributed by atoms with van der Waals surface area (Å²) in [4.78, 5) is 16.1. The zero-order valence-electron chi connectivity index (χ0n) is 15.6. The molecule has 1 amide bonds. The van der Waals surface area contributed by atoms with E-state index in [4.69, 9.17) is 14.2 Å². The molecule has 27 heavy (non-hydrogen) atoms. The number of carbonyl (C=O) groups is 1. The van der Waals surface area contributed by atoms with Gasteiger partial charge in [-0.2, -0.15) is 13.8 Å². The van der Waals surface area contributed by atoms with Crippen molar-refractivity contribution in [3.8, 4) is 11.8 Å². The Morgan fingerprint density at radius 1 is 1.44 bits per heavy atom. The number of alkyl carbamates (subject to hydrolysis) is 1. The van der Waals surface area contributed by atoms with Crippen molar-refractivity contribution in [1.82, 2.24) is 10.3 Å². The molecular weight excluding hydrogens is 366 g/mol. The summed E-state index contributed by atoms with van der Waals surface area (Å²) in [6.45, 7) is 3.73. The molecule has 10 heteroatoms. The summed E-state index contributed by atoms with van der Waals surface area (Å²) in [6.07, 6.45) is -2.03. The van der Waals surface area contributed by atoms with Gasteiger partial charge in [-0.15, -0.1) is 0 Å². The quantitative estimate of drug-likeness (QED) is 0.769. The van der Waals surface area contributed by atoms with E-state index in [1.165, 1.54) is 12.1 Å². The minimum Gasteiger partial charge on any atom is -0.474 e. The molecule has 0 radical (unpaired) electrons. The molecule has 2 rings (SSSR count). The van der Waals surface area contributed by atoms with Crippen molar-refractivity contribution >= 4 is 6.09 Å². The molecule has 8 nitrogen and oxygen atoms in total. The second-order valence-corrected chi connectivity index (χ2v) is 7.08. The molecule has 0 unspecified atom stereocenters. The number of pyridine rings is 1. The van der Waals surface area contributed by atoms with Crippen molar-refractivity contribution < 1.29 is 37.6 Å². The van der Waals surface area contributed by atoms with Crippen molar-refractivity contribution in [2.45, 2.75) is 58.2 Å². The number of fused-ring (bicyclic) bond motifs is 1. The first-order chi connectivity index (χ1) is 12.5. The number of halogens is 2. The highest BCUT2D eigenvalue weighted by Gasteiger charge is 2.35. The Bertz CT molecular complexity index is 651. The second-order valence-electron chi connectivity index (χ2n) is 7.08. The third kappa shape index (κ3) is 6.47. The smallest absolute Gasteiger partial charge is 0.408 e. The summed E-state index contributed by atoms with van der Waals surface area (Å²) in [7, 11) is 0. The first-order valence-corrected chi connectivity index (χ1v) is 8.43. The molecule has 1 aliphatic heterocycles. The third-order valence-electron chi connectivity index (χ3n) is 3.39. The number of nitrogens with zero attached hydrogens (tertiary/aromatic N) is 1. The number of nitrogens with one attached hydrogen (secondary N) is 1. The number of ether oxygens (including phenoxy) is 4. The van der Waals surface area contributed by atoms with Crippen molar-refractivity contribution in [2.24, 2.45) is 0 Å².